The van der Waals surface area contributed by atoms with E-state index >= 15 is 0 Å². The number of amides is 1. The Morgan fingerprint density at radius 2 is 1.97 bits per heavy atom. The van der Waals surface area contributed by atoms with Crippen molar-refractivity contribution in [2.24, 2.45) is 5.92 Å². The summed E-state index contributed by atoms with van der Waals surface area (Å²) >= 11 is 0. The van der Waals surface area contributed by atoms with Crippen molar-refractivity contribution in [1.29, 1.82) is 0 Å². The molecular weight excluding hydrogens is 402 g/mol. The Morgan fingerprint density at radius 3 is 2.66 bits per heavy atom. The van der Waals surface area contributed by atoms with Crippen LogP contribution in [0.1, 0.15) is 51.7 Å². The minimum Gasteiger partial charge on any atom is -0.487 e. The van der Waals surface area contributed by atoms with Gasteiger partial charge in [-0.15, -0.1) is 0 Å². The lowest BCUT2D eigenvalue weighted by Crippen LogP contribution is -2.58. The number of rotatable bonds is 7. The summed E-state index contributed by atoms with van der Waals surface area (Å²) in [5.74, 6) is 1.73. The van der Waals surface area contributed by atoms with E-state index < -0.39 is 0 Å². The highest BCUT2D eigenvalue weighted by molar-refractivity contribution is 5.82. The molecule has 0 spiro atoms. The summed E-state index contributed by atoms with van der Waals surface area (Å²) in [5.41, 5.74) is 2.52. The fraction of sp³-hybridized carbons (Fsp3) is 0.731. The summed E-state index contributed by atoms with van der Waals surface area (Å²) in [6.45, 7) is 14.4. The van der Waals surface area contributed by atoms with Gasteiger partial charge in [0.1, 0.15) is 11.4 Å². The number of hydrogen-bond donors (Lipinski definition) is 1. The number of nitrogens with one attached hydrogen (secondary N) is 1. The van der Waals surface area contributed by atoms with Crippen molar-refractivity contribution in [2.75, 3.05) is 45.9 Å². The lowest BCUT2D eigenvalue weighted by Gasteiger charge is -2.43. The lowest BCUT2D eigenvalue weighted by molar-refractivity contribution is -0.144. The average Bonchev–Trinajstić information content (AvgIpc) is 3.11. The predicted molar refractivity (Wildman–Crippen MR) is 127 cm³/mol. The zero-order valence-electron chi connectivity index (χ0n) is 20.4. The molecule has 0 bridgehead atoms. The van der Waals surface area contributed by atoms with Gasteiger partial charge in [-0.05, 0) is 82.8 Å². The van der Waals surface area contributed by atoms with Crippen LogP contribution < -0.4 is 10.1 Å². The zero-order chi connectivity index (χ0) is 22.7. The Bertz CT molecular complexity index is 785. The molecule has 1 N–H and O–H groups in total. The molecule has 0 saturated carbocycles. The second-order valence-corrected chi connectivity index (χ2v) is 10.3. The monoisotopic (exact) mass is 443 g/mol. The maximum absolute atomic E-state index is 13.8. The third-order valence-corrected chi connectivity index (χ3v) is 7.35. The summed E-state index contributed by atoms with van der Waals surface area (Å²) in [7, 11) is 0. The van der Waals surface area contributed by atoms with E-state index in [1.165, 1.54) is 11.1 Å². The Kier molecular flexibility index (Phi) is 7.43. The van der Waals surface area contributed by atoms with Crippen LogP contribution in [-0.4, -0.2) is 79.3 Å². The fourth-order valence-electron chi connectivity index (χ4n) is 5.78. The largest absolute Gasteiger partial charge is 0.487 e. The molecule has 3 aliphatic heterocycles. The zero-order valence-corrected chi connectivity index (χ0v) is 20.4. The summed E-state index contributed by atoms with van der Waals surface area (Å²) in [5, 5.41) is 3.47. The third-order valence-electron chi connectivity index (χ3n) is 7.35. The van der Waals surface area contributed by atoms with Crippen LogP contribution in [0.25, 0.3) is 0 Å². The van der Waals surface area contributed by atoms with Gasteiger partial charge in [0.2, 0.25) is 5.91 Å². The van der Waals surface area contributed by atoms with Crippen LogP contribution in [0, 0.1) is 5.92 Å². The number of carbonyl (C=O) groups excluding carboxylic acids is 1. The number of nitrogens with zero attached hydrogens (tertiary/aromatic N) is 2. The highest BCUT2D eigenvalue weighted by Gasteiger charge is 2.39. The van der Waals surface area contributed by atoms with Gasteiger partial charge in [0.05, 0.1) is 19.3 Å². The Hall–Kier alpha value is -1.63. The number of likely N-dealkylation sites (N-methyl/N-ethyl adjacent to an activating group) is 1. The molecule has 1 amide bonds. The van der Waals surface area contributed by atoms with Crippen LogP contribution >= 0.6 is 0 Å². The number of fused-ring (bicyclic) bond motifs is 1. The van der Waals surface area contributed by atoms with E-state index in [0.29, 0.717) is 44.2 Å². The minimum atomic E-state index is -0.118. The molecule has 3 aliphatic rings. The van der Waals surface area contributed by atoms with Gasteiger partial charge >= 0.3 is 0 Å². The van der Waals surface area contributed by atoms with E-state index in [1.807, 2.05) is 4.90 Å². The second-order valence-electron chi connectivity index (χ2n) is 10.3. The molecule has 6 heteroatoms. The van der Waals surface area contributed by atoms with Crippen molar-refractivity contribution in [3.8, 4) is 5.75 Å². The van der Waals surface area contributed by atoms with Crippen LogP contribution in [-0.2, 0) is 22.4 Å². The van der Waals surface area contributed by atoms with E-state index in [4.69, 9.17) is 9.47 Å². The summed E-state index contributed by atoms with van der Waals surface area (Å²) in [4.78, 5) is 18.3. The van der Waals surface area contributed by atoms with Crippen LogP contribution in [0.4, 0.5) is 0 Å². The minimum absolute atomic E-state index is 0.0492. The maximum atomic E-state index is 13.8. The molecule has 1 aromatic carbocycles. The normalized spacial score (nSPS) is 23.0. The molecular formula is C26H41N3O3. The molecule has 2 atom stereocenters. The standard InChI is InChI=1S/C26H41N3O3/c1-5-29(19(2)16-20-6-7-23-22(17-20)18-26(3,4)32-23)24(21-8-10-27-11-9-21)25(30)28-12-14-31-15-13-28/h6-7,17,19,21,24,27H,5,8-16,18H2,1-4H3/t19?,24-/m0/s1. The van der Waals surface area contributed by atoms with Gasteiger partial charge in [-0.25, -0.2) is 0 Å². The van der Waals surface area contributed by atoms with E-state index in [0.717, 1.165) is 51.1 Å². The lowest BCUT2D eigenvalue weighted by atomic mass is 9.86. The molecule has 3 heterocycles. The third kappa shape index (κ3) is 5.29. The molecule has 0 aromatic heterocycles. The summed E-state index contributed by atoms with van der Waals surface area (Å²) < 4.78 is 11.6. The smallest absolute Gasteiger partial charge is 0.240 e. The van der Waals surface area contributed by atoms with Gasteiger partial charge in [-0.2, -0.15) is 0 Å². The van der Waals surface area contributed by atoms with Gasteiger partial charge in [0.15, 0.2) is 0 Å². The molecule has 0 aliphatic carbocycles. The highest BCUT2D eigenvalue weighted by atomic mass is 16.5. The van der Waals surface area contributed by atoms with Crippen molar-refractivity contribution < 1.29 is 14.3 Å². The average molecular weight is 444 g/mol. The van der Waals surface area contributed by atoms with Crippen LogP contribution in [0.15, 0.2) is 18.2 Å². The fourth-order valence-corrected chi connectivity index (χ4v) is 5.78. The first-order chi connectivity index (χ1) is 15.4. The Morgan fingerprint density at radius 1 is 1.25 bits per heavy atom. The predicted octanol–water partition coefficient (Wildman–Crippen LogP) is 2.88. The van der Waals surface area contributed by atoms with Crippen molar-refractivity contribution in [1.82, 2.24) is 15.1 Å². The Balaban J connectivity index is 1.52. The quantitative estimate of drug-likeness (QED) is 0.702. The molecule has 2 saturated heterocycles. The van der Waals surface area contributed by atoms with E-state index in [2.05, 4.69) is 56.1 Å². The van der Waals surface area contributed by atoms with Crippen LogP contribution in [0.3, 0.4) is 0 Å². The SMILES string of the molecule is CCN(C(C)Cc1ccc2c(c1)CC(C)(C)O2)[C@H](C(=O)N1CCOCC1)C1CCNCC1. The molecule has 32 heavy (non-hydrogen) atoms. The van der Waals surface area contributed by atoms with Crippen LogP contribution in [0.5, 0.6) is 5.75 Å². The molecule has 1 aromatic rings. The molecule has 0 radical (unpaired) electrons. The van der Waals surface area contributed by atoms with E-state index in [9.17, 15) is 4.79 Å². The van der Waals surface area contributed by atoms with Gasteiger partial charge in [-0.1, -0.05) is 19.1 Å². The highest BCUT2D eigenvalue weighted by Crippen LogP contribution is 2.35. The van der Waals surface area contributed by atoms with E-state index in [-0.39, 0.29) is 11.6 Å². The first-order valence-corrected chi connectivity index (χ1v) is 12.5. The number of piperidine rings is 1. The molecule has 6 nitrogen and oxygen atoms in total. The van der Waals surface area contributed by atoms with Crippen LogP contribution in [0.2, 0.25) is 0 Å². The second kappa shape index (κ2) is 10.1. The van der Waals surface area contributed by atoms with Crippen molar-refractivity contribution in [3.63, 3.8) is 0 Å². The summed E-state index contributed by atoms with van der Waals surface area (Å²) in [6.07, 6.45) is 4.03. The number of benzene rings is 1. The maximum Gasteiger partial charge on any atom is 0.240 e. The topological polar surface area (TPSA) is 54.0 Å². The Labute approximate surface area is 193 Å². The molecule has 1 unspecified atom stereocenters. The van der Waals surface area contributed by atoms with Gasteiger partial charge in [0.25, 0.3) is 0 Å². The number of carbonyl (C=O) groups is 1. The van der Waals surface area contributed by atoms with Gasteiger partial charge in [0, 0.05) is 25.6 Å². The van der Waals surface area contributed by atoms with Gasteiger partial charge in [-0.3, -0.25) is 9.69 Å². The number of morpholine rings is 1. The molecule has 2 fully saturated rings. The van der Waals surface area contributed by atoms with Crippen molar-refractivity contribution >= 4 is 5.91 Å². The van der Waals surface area contributed by atoms with Crippen molar-refractivity contribution in [2.45, 2.75) is 71.1 Å². The number of hydrogen-bond acceptors (Lipinski definition) is 5. The number of ether oxygens (including phenoxy) is 2. The van der Waals surface area contributed by atoms with Crippen molar-refractivity contribution in [3.05, 3.63) is 29.3 Å². The van der Waals surface area contributed by atoms with Gasteiger partial charge < -0.3 is 19.7 Å². The summed E-state index contributed by atoms with van der Waals surface area (Å²) in [6, 6.07) is 6.89. The first-order valence-electron chi connectivity index (χ1n) is 12.5. The van der Waals surface area contributed by atoms with E-state index in [1.54, 1.807) is 0 Å². The first kappa shape index (κ1) is 23.5. The molecule has 4 rings (SSSR count). The molecule has 178 valence electrons.